The molecule has 98 valence electrons. The van der Waals surface area contributed by atoms with Crippen LogP contribution in [0.1, 0.15) is 39.0 Å². The average molecular weight is 237 g/mol. The summed E-state index contributed by atoms with van der Waals surface area (Å²) in [5, 5.41) is 3.68. The number of hydrogen-bond acceptors (Lipinski definition) is 3. The van der Waals surface area contributed by atoms with E-state index in [1.807, 2.05) is 0 Å². The molecule has 0 aromatic heterocycles. The van der Waals surface area contributed by atoms with Gasteiger partial charge in [-0.05, 0) is 32.2 Å². The van der Waals surface area contributed by atoms with Crippen LogP contribution in [0.5, 0.6) is 0 Å². The molecule has 3 fully saturated rings. The van der Waals surface area contributed by atoms with Crippen molar-refractivity contribution < 1.29 is 0 Å². The molecule has 0 radical (unpaired) electrons. The first-order valence-electron chi connectivity index (χ1n) is 7.60. The van der Waals surface area contributed by atoms with Gasteiger partial charge >= 0.3 is 0 Å². The molecule has 3 unspecified atom stereocenters. The maximum atomic E-state index is 3.68. The number of rotatable bonds is 3. The summed E-state index contributed by atoms with van der Waals surface area (Å²) in [4.78, 5) is 5.54. The first-order chi connectivity index (χ1) is 8.38. The molecule has 0 aromatic rings. The summed E-state index contributed by atoms with van der Waals surface area (Å²) in [6, 6.07) is 2.53. The Hall–Kier alpha value is -0.120. The highest BCUT2D eigenvalue weighted by molar-refractivity contribution is 4.98. The van der Waals surface area contributed by atoms with Gasteiger partial charge in [-0.15, -0.1) is 0 Å². The van der Waals surface area contributed by atoms with Gasteiger partial charge in [-0.3, -0.25) is 9.80 Å². The Balaban J connectivity index is 1.60. The molecule has 0 spiro atoms. The van der Waals surface area contributed by atoms with Crippen molar-refractivity contribution >= 4 is 0 Å². The Kier molecular flexibility index (Phi) is 3.69. The summed E-state index contributed by atoms with van der Waals surface area (Å²) in [5.74, 6) is 0. The van der Waals surface area contributed by atoms with Crippen LogP contribution in [-0.4, -0.2) is 60.6 Å². The molecule has 3 aliphatic heterocycles. The number of hydrogen-bond donors (Lipinski definition) is 1. The first kappa shape index (κ1) is 11.9. The minimum atomic E-state index is 0.754. The van der Waals surface area contributed by atoms with E-state index in [0.29, 0.717) is 0 Å². The highest BCUT2D eigenvalue weighted by Crippen LogP contribution is 2.31. The Bertz CT molecular complexity index is 254. The van der Waals surface area contributed by atoms with Gasteiger partial charge in [0.25, 0.3) is 0 Å². The molecule has 0 amide bonds. The molecule has 3 rings (SSSR count). The molecule has 3 aliphatic rings. The van der Waals surface area contributed by atoms with Gasteiger partial charge in [0.05, 0.1) is 0 Å². The second-order valence-corrected chi connectivity index (χ2v) is 6.04. The molecule has 0 aromatic carbocycles. The van der Waals surface area contributed by atoms with Crippen LogP contribution in [0.15, 0.2) is 0 Å². The summed E-state index contributed by atoms with van der Waals surface area (Å²) in [6.45, 7) is 8.80. The fourth-order valence-corrected chi connectivity index (χ4v) is 4.18. The van der Waals surface area contributed by atoms with Gasteiger partial charge in [-0.25, -0.2) is 0 Å². The number of nitrogens with zero attached hydrogens (tertiary/aromatic N) is 2. The van der Waals surface area contributed by atoms with E-state index in [2.05, 4.69) is 22.0 Å². The highest BCUT2D eigenvalue weighted by Gasteiger charge is 2.40. The van der Waals surface area contributed by atoms with Crippen molar-refractivity contribution in [3.05, 3.63) is 0 Å². The monoisotopic (exact) mass is 237 g/mol. The Morgan fingerprint density at radius 2 is 1.94 bits per heavy atom. The van der Waals surface area contributed by atoms with Crippen LogP contribution in [0.4, 0.5) is 0 Å². The molecular formula is C14H27N3. The first-order valence-corrected chi connectivity index (χ1v) is 7.60. The zero-order valence-corrected chi connectivity index (χ0v) is 11.2. The lowest BCUT2D eigenvalue weighted by atomic mass is 10.0. The molecule has 1 N–H and O–H groups in total. The van der Waals surface area contributed by atoms with Crippen molar-refractivity contribution in [3.63, 3.8) is 0 Å². The normalized spacial score (nSPS) is 39.7. The van der Waals surface area contributed by atoms with Crippen LogP contribution in [0.2, 0.25) is 0 Å². The minimum Gasteiger partial charge on any atom is -0.311 e. The summed E-state index contributed by atoms with van der Waals surface area (Å²) < 4.78 is 0. The van der Waals surface area contributed by atoms with Crippen molar-refractivity contribution in [2.24, 2.45) is 0 Å². The van der Waals surface area contributed by atoms with Crippen molar-refractivity contribution in [1.29, 1.82) is 0 Å². The SMILES string of the molecule is CCCC1CN(C2CCN3CCCC23)CCN1. The Morgan fingerprint density at radius 1 is 1.06 bits per heavy atom. The van der Waals surface area contributed by atoms with Crippen molar-refractivity contribution in [2.45, 2.75) is 57.2 Å². The van der Waals surface area contributed by atoms with Crippen LogP contribution in [0, 0.1) is 0 Å². The molecule has 3 heterocycles. The lowest BCUT2D eigenvalue weighted by Crippen LogP contribution is -2.56. The van der Waals surface area contributed by atoms with E-state index in [4.69, 9.17) is 0 Å². The molecule has 3 nitrogen and oxygen atoms in total. The molecule has 3 saturated heterocycles. The van der Waals surface area contributed by atoms with Gasteiger partial charge in [-0.2, -0.15) is 0 Å². The molecule has 3 atom stereocenters. The fourth-order valence-electron chi connectivity index (χ4n) is 4.18. The Labute approximate surface area is 106 Å². The van der Waals surface area contributed by atoms with Crippen molar-refractivity contribution in [3.8, 4) is 0 Å². The lowest BCUT2D eigenvalue weighted by Gasteiger charge is -2.39. The van der Waals surface area contributed by atoms with Crippen LogP contribution in [0.3, 0.4) is 0 Å². The van der Waals surface area contributed by atoms with E-state index >= 15 is 0 Å². The van der Waals surface area contributed by atoms with E-state index in [9.17, 15) is 0 Å². The van der Waals surface area contributed by atoms with E-state index in [1.165, 1.54) is 64.8 Å². The highest BCUT2D eigenvalue weighted by atomic mass is 15.3. The average Bonchev–Trinajstić information content (AvgIpc) is 2.91. The third-order valence-corrected chi connectivity index (χ3v) is 4.96. The summed E-state index contributed by atoms with van der Waals surface area (Å²) >= 11 is 0. The second kappa shape index (κ2) is 5.25. The third-order valence-electron chi connectivity index (χ3n) is 4.96. The topological polar surface area (TPSA) is 18.5 Å². The van der Waals surface area contributed by atoms with Gasteiger partial charge < -0.3 is 5.32 Å². The molecule has 0 saturated carbocycles. The molecule has 0 aliphatic carbocycles. The van der Waals surface area contributed by atoms with Gasteiger partial charge in [-0.1, -0.05) is 13.3 Å². The van der Waals surface area contributed by atoms with Gasteiger partial charge in [0, 0.05) is 44.3 Å². The van der Waals surface area contributed by atoms with Gasteiger partial charge in [0.1, 0.15) is 0 Å². The Morgan fingerprint density at radius 3 is 2.82 bits per heavy atom. The molecule has 17 heavy (non-hydrogen) atoms. The zero-order valence-electron chi connectivity index (χ0n) is 11.2. The lowest BCUT2D eigenvalue weighted by molar-refractivity contribution is 0.117. The maximum Gasteiger partial charge on any atom is 0.0264 e. The number of nitrogens with one attached hydrogen (secondary N) is 1. The van der Waals surface area contributed by atoms with E-state index in [-0.39, 0.29) is 0 Å². The molecule has 0 bridgehead atoms. The largest absolute Gasteiger partial charge is 0.311 e. The quantitative estimate of drug-likeness (QED) is 0.798. The second-order valence-electron chi connectivity index (χ2n) is 6.04. The third kappa shape index (κ3) is 2.38. The van der Waals surface area contributed by atoms with Crippen molar-refractivity contribution in [2.75, 3.05) is 32.7 Å². The van der Waals surface area contributed by atoms with Crippen LogP contribution in [0.25, 0.3) is 0 Å². The van der Waals surface area contributed by atoms with Crippen LogP contribution < -0.4 is 5.32 Å². The van der Waals surface area contributed by atoms with E-state index in [0.717, 1.165) is 18.1 Å². The zero-order chi connectivity index (χ0) is 11.7. The van der Waals surface area contributed by atoms with Crippen LogP contribution >= 0.6 is 0 Å². The van der Waals surface area contributed by atoms with E-state index in [1.54, 1.807) is 0 Å². The molecule has 3 heteroatoms. The van der Waals surface area contributed by atoms with Crippen molar-refractivity contribution in [1.82, 2.24) is 15.1 Å². The smallest absolute Gasteiger partial charge is 0.0264 e. The predicted molar refractivity (Wildman–Crippen MR) is 71.3 cm³/mol. The summed E-state index contributed by atoms with van der Waals surface area (Å²) in [6.07, 6.45) is 6.96. The van der Waals surface area contributed by atoms with E-state index < -0.39 is 0 Å². The predicted octanol–water partition coefficient (Wildman–Crippen LogP) is 1.30. The molecular weight excluding hydrogens is 210 g/mol. The van der Waals surface area contributed by atoms with Gasteiger partial charge in [0.2, 0.25) is 0 Å². The number of piperazine rings is 1. The minimum absolute atomic E-state index is 0.754. The fraction of sp³-hybridized carbons (Fsp3) is 1.00. The summed E-state index contributed by atoms with van der Waals surface area (Å²) in [5.41, 5.74) is 0. The summed E-state index contributed by atoms with van der Waals surface area (Å²) in [7, 11) is 0. The maximum absolute atomic E-state index is 3.68. The van der Waals surface area contributed by atoms with Crippen LogP contribution in [-0.2, 0) is 0 Å². The standard InChI is InChI=1S/C14H27N3/c1-2-4-12-11-17(10-7-15-12)14-6-9-16-8-3-5-13(14)16/h12-15H,2-11H2,1H3. The number of fused-ring (bicyclic) bond motifs is 1. The van der Waals surface area contributed by atoms with Gasteiger partial charge in [0.15, 0.2) is 0 Å².